The number of carbonyl (C=O) groups is 6. The van der Waals surface area contributed by atoms with Gasteiger partial charge in [-0.1, -0.05) is 13.8 Å². The predicted molar refractivity (Wildman–Crippen MR) is 155 cm³/mol. The number of furan rings is 1. The highest BCUT2D eigenvalue weighted by atomic mass is 16.7. The van der Waals surface area contributed by atoms with Crippen molar-refractivity contribution in [1.82, 2.24) is 0 Å². The molecule has 47 heavy (non-hydrogen) atoms. The highest BCUT2D eigenvalue weighted by Crippen LogP contribution is 2.69. The Bertz CT molecular complexity index is 1410. The number of rotatable bonds is 9. The molecule has 2 aliphatic carbocycles. The third kappa shape index (κ3) is 5.99. The molecule has 15 nitrogen and oxygen atoms in total. The fraction of sp³-hybridized carbons (Fsp3) is 0.688. The number of aliphatic hydroxyl groups is 1. The molecule has 1 aliphatic heterocycles. The Hall–Kier alpha value is -3.98. The van der Waals surface area contributed by atoms with E-state index in [0.29, 0.717) is 0 Å². The van der Waals surface area contributed by atoms with E-state index in [-0.39, 0.29) is 5.56 Å². The van der Waals surface area contributed by atoms with Gasteiger partial charge in [0, 0.05) is 34.1 Å². The van der Waals surface area contributed by atoms with Crippen LogP contribution in [0.3, 0.4) is 0 Å². The highest BCUT2D eigenvalue weighted by Gasteiger charge is 2.89. The van der Waals surface area contributed by atoms with Gasteiger partial charge in [0.1, 0.15) is 36.6 Å². The van der Waals surface area contributed by atoms with Gasteiger partial charge in [-0.15, -0.1) is 0 Å². The molecular weight excluding hydrogens is 624 g/mol. The molecule has 0 unspecified atom stereocenters. The van der Waals surface area contributed by atoms with Crippen LogP contribution >= 0.6 is 0 Å². The number of hydrogen-bond donors (Lipinski definition) is 1. The second-order valence-electron chi connectivity index (χ2n) is 13.4. The smallest absolute Gasteiger partial charge is 0.341 e. The molecule has 2 heterocycles. The van der Waals surface area contributed by atoms with Crippen molar-refractivity contribution in [3.63, 3.8) is 0 Å². The summed E-state index contributed by atoms with van der Waals surface area (Å²) < 4.78 is 47.2. The molecule has 9 atom stereocenters. The van der Waals surface area contributed by atoms with Crippen molar-refractivity contribution < 1.29 is 71.4 Å². The molecule has 2 saturated carbocycles. The monoisotopic (exact) mass is 666 g/mol. The topological polar surface area (TPSA) is 200 Å². The van der Waals surface area contributed by atoms with E-state index in [9.17, 15) is 33.9 Å². The Balaban J connectivity index is 2.19. The molecular formula is C32H42O15. The minimum atomic E-state index is -2.28. The lowest BCUT2D eigenvalue weighted by Crippen LogP contribution is -2.85. The molecule has 4 rings (SSSR count). The van der Waals surface area contributed by atoms with Crippen LogP contribution in [0.4, 0.5) is 0 Å². The summed E-state index contributed by atoms with van der Waals surface area (Å²) in [5.74, 6) is -6.96. The maximum absolute atomic E-state index is 13.8. The van der Waals surface area contributed by atoms with E-state index in [1.54, 1.807) is 27.7 Å². The van der Waals surface area contributed by atoms with E-state index >= 15 is 0 Å². The van der Waals surface area contributed by atoms with Crippen LogP contribution in [0, 0.1) is 17.3 Å². The van der Waals surface area contributed by atoms with E-state index in [2.05, 4.69) is 0 Å². The fourth-order valence-corrected chi connectivity index (χ4v) is 7.70. The molecule has 1 spiro atoms. The lowest BCUT2D eigenvalue weighted by molar-refractivity contribution is -0.363. The third-order valence-electron chi connectivity index (χ3n) is 9.18. The van der Waals surface area contributed by atoms with Crippen LogP contribution in [0.5, 0.6) is 0 Å². The van der Waals surface area contributed by atoms with Crippen molar-refractivity contribution >= 4 is 35.8 Å². The first-order valence-corrected chi connectivity index (χ1v) is 15.2. The largest absolute Gasteiger partial charge is 0.472 e. The molecule has 3 fully saturated rings. The number of ether oxygens (including phenoxy) is 7. The van der Waals surface area contributed by atoms with Gasteiger partial charge in [-0.2, -0.15) is 0 Å². The summed E-state index contributed by atoms with van der Waals surface area (Å²) in [7, 11) is 0. The molecule has 1 saturated heterocycles. The van der Waals surface area contributed by atoms with Gasteiger partial charge in [-0.3, -0.25) is 24.0 Å². The van der Waals surface area contributed by atoms with Gasteiger partial charge in [0.15, 0.2) is 17.8 Å². The summed E-state index contributed by atoms with van der Waals surface area (Å²) in [4.78, 5) is 77.9. The van der Waals surface area contributed by atoms with Gasteiger partial charge in [0.25, 0.3) is 0 Å². The van der Waals surface area contributed by atoms with Crippen LogP contribution in [0.15, 0.2) is 23.0 Å². The van der Waals surface area contributed by atoms with Gasteiger partial charge in [0.2, 0.25) is 0 Å². The summed E-state index contributed by atoms with van der Waals surface area (Å²) >= 11 is 0. The predicted octanol–water partition coefficient (Wildman–Crippen LogP) is 2.05. The average Bonchev–Trinajstić information content (AvgIpc) is 3.52. The van der Waals surface area contributed by atoms with E-state index in [0.717, 1.165) is 34.0 Å². The SMILES string of the molecule is CC(=O)OC[C@]12[C@@H](OC(=O)c3ccoc3)[C@H](OC(=O)C(C)C)[C@@H]3[C@@H](OC(C)=O)[C@]1(OC3(C)C)[C@@](C)(O)C[C@H](OC(C)=O)[C@@H]2OC(C)=O. The van der Waals surface area contributed by atoms with Gasteiger partial charge in [-0.05, 0) is 26.8 Å². The van der Waals surface area contributed by atoms with E-state index in [1.165, 1.54) is 19.3 Å². The van der Waals surface area contributed by atoms with Crippen LogP contribution in [-0.2, 0) is 57.1 Å². The van der Waals surface area contributed by atoms with Gasteiger partial charge >= 0.3 is 35.8 Å². The van der Waals surface area contributed by atoms with E-state index in [1.807, 2.05) is 0 Å². The Labute approximate surface area is 271 Å². The molecule has 1 aromatic heterocycles. The Morgan fingerprint density at radius 3 is 1.96 bits per heavy atom. The molecule has 1 N–H and O–H groups in total. The number of esters is 6. The van der Waals surface area contributed by atoms with Crippen molar-refractivity contribution in [1.29, 1.82) is 0 Å². The second-order valence-corrected chi connectivity index (χ2v) is 13.4. The standard InChI is InChI=1S/C32H42O15/c1-15(2)27(37)45-23-22-25(44-19(6)36)32(47-29(22,7)8)30(9,39)12-21(42-17(4)34)24(43-18(5)35)31(32,14-41-16(3)33)26(23)46-28(38)20-10-11-40-13-20/h10-11,13,15,21-26,39H,12,14H2,1-9H3/t21-,22+,23+,24-,25+,26-,30-,31-,32-/m0/s1. The first-order chi connectivity index (χ1) is 21.7. The second kappa shape index (κ2) is 12.6. The molecule has 0 radical (unpaired) electrons. The first-order valence-electron chi connectivity index (χ1n) is 15.2. The average molecular weight is 667 g/mol. The minimum Gasteiger partial charge on any atom is -0.472 e. The zero-order valence-corrected chi connectivity index (χ0v) is 27.9. The lowest BCUT2D eigenvalue weighted by atomic mass is 9.45. The maximum atomic E-state index is 13.8. The number of hydrogen-bond acceptors (Lipinski definition) is 15. The lowest BCUT2D eigenvalue weighted by Gasteiger charge is -2.66. The highest BCUT2D eigenvalue weighted by molar-refractivity contribution is 5.89. The Morgan fingerprint density at radius 1 is 0.851 bits per heavy atom. The van der Waals surface area contributed by atoms with Crippen LogP contribution in [-0.4, -0.2) is 94.9 Å². The molecule has 3 aliphatic rings. The van der Waals surface area contributed by atoms with Crippen LogP contribution < -0.4 is 0 Å². The van der Waals surface area contributed by atoms with Crippen LogP contribution in [0.2, 0.25) is 0 Å². The van der Waals surface area contributed by atoms with Crippen LogP contribution in [0.1, 0.15) is 79.1 Å². The molecule has 260 valence electrons. The summed E-state index contributed by atoms with van der Waals surface area (Å²) in [5, 5.41) is 12.6. The molecule has 0 aromatic carbocycles. The third-order valence-corrected chi connectivity index (χ3v) is 9.18. The summed E-state index contributed by atoms with van der Waals surface area (Å²) in [6.45, 7) is 11.2. The molecule has 1 aromatic rings. The first kappa shape index (κ1) is 35.9. The zero-order valence-electron chi connectivity index (χ0n) is 27.9. The van der Waals surface area contributed by atoms with Crippen molar-refractivity contribution in [3.05, 3.63) is 24.2 Å². The van der Waals surface area contributed by atoms with Crippen LogP contribution in [0.25, 0.3) is 0 Å². The van der Waals surface area contributed by atoms with Crippen molar-refractivity contribution in [3.8, 4) is 0 Å². The number of fused-ring (bicyclic) bond motifs is 1. The van der Waals surface area contributed by atoms with Gasteiger partial charge in [0.05, 0.1) is 34.9 Å². The zero-order chi connectivity index (χ0) is 35.3. The Kier molecular flexibility index (Phi) is 9.59. The summed E-state index contributed by atoms with van der Waals surface area (Å²) in [5.41, 5.74) is -8.16. The molecule has 2 bridgehead atoms. The maximum Gasteiger partial charge on any atom is 0.341 e. The summed E-state index contributed by atoms with van der Waals surface area (Å²) in [6, 6.07) is 1.31. The Morgan fingerprint density at radius 2 is 1.45 bits per heavy atom. The van der Waals surface area contributed by atoms with E-state index in [4.69, 9.17) is 37.6 Å². The van der Waals surface area contributed by atoms with Crippen molar-refractivity contribution in [2.75, 3.05) is 6.61 Å². The summed E-state index contributed by atoms with van der Waals surface area (Å²) in [6.07, 6.45) is -6.09. The van der Waals surface area contributed by atoms with Gasteiger partial charge in [-0.25, -0.2) is 4.79 Å². The normalized spacial score (nSPS) is 35.2. The quantitative estimate of drug-likeness (QED) is 0.296. The molecule has 15 heteroatoms. The molecule has 0 amide bonds. The van der Waals surface area contributed by atoms with E-state index < -0.39 is 113 Å². The minimum absolute atomic E-state index is 0.0617. The fourth-order valence-electron chi connectivity index (χ4n) is 7.70. The van der Waals surface area contributed by atoms with Crippen molar-refractivity contribution in [2.24, 2.45) is 17.3 Å². The van der Waals surface area contributed by atoms with Crippen molar-refractivity contribution in [2.45, 2.75) is 116 Å². The van der Waals surface area contributed by atoms with Gasteiger partial charge < -0.3 is 42.7 Å². The number of carbonyl (C=O) groups excluding carboxylic acids is 6.